The van der Waals surface area contributed by atoms with Gasteiger partial charge in [-0.3, -0.25) is 9.59 Å². The van der Waals surface area contributed by atoms with Crippen LogP contribution in [0.3, 0.4) is 0 Å². The van der Waals surface area contributed by atoms with Gasteiger partial charge in [0.1, 0.15) is 11.9 Å². The van der Waals surface area contributed by atoms with E-state index in [0.717, 1.165) is 55.3 Å². The maximum absolute atomic E-state index is 12.8. The van der Waals surface area contributed by atoms with Crippen molar-refractivity contribution in [3.05, 3.63) is 22.8 Å². The first-order valence-electron chi connectivity index (χ1n) is 9.72. The molecule has 3 fully saturated rings. The van der Waals surface area contributed by atoms with Gasteiger partial charge < -0.3 is 14.1 Å². The number of ether oxygens (including phenoxy) is 2. The van der Waals surface area contributed by atoms with E-state index in [2.05, 4.69) is 28.5 Å². The first kappa shape index (κ1) is 18.8. The molecule has 0 aromatic rings. The van der Waals surface area contributed by atoms with E-state index in [1.165, 1.54) is 5.57 Å². The fraction of sp³-hybridized carbons (Fsp3) is 0.684. The van der Waals surface area contributed by atoms with Gasteiger partial charge in [0.25, 0.3) is 0 Å². The Kier molecular flexibility index (Phi) is 4.86. The van der Waals surface area contributed by atoms with Crippen LogP contribution in [0.5, 0.6) is 0 Å². The first-order chi connectivity index (χ1) is 13.1. The molecule has 0 N–H and O–H groups in total. The molecule has 2 saturated heterocycles. The molecule has 5 aliphatic rings. The fourth-order valence-electron chi connectivity index (χ4n) is 5.63. The van der Waals surface area contributed by atoms with Crippen LogP contribution in [-0.4, -0.2) is 46.5 Å². The molecule has 2 aliphatic heterocycles. The standard InChI is InChI=1S/C19H22BIO5S/c21-20-26-19(11-27-20)16(3-4-17(19)23)14-2-1-12-9-18(24-7-8-25-18)6-5-13(12)15(14)10-22/h9-10,14,16H,1-8,11H2/t14?,16?,19-/m1/s1. The number of rotatable bonds is 2. The Bertz CT molecular complexity index is 746. The summed E-state index contributed by atoms with van der Waals surface area (Å²) in [4.78, 5) is 24.9. The maximum Gasteiger partial charge on any atom is 0.436 e. The largest absolute Gasteiger partial charge is 0.436 e. The van der Waals surface area contributed by atoms with Gasteiger partial charge in [0.15, 0.2) is 11.6 Å². The number of aldehydes is 1. The van der Waals surface area contributed by atoms with Crippen molar-refractivity contribution in [2.24, 2.45) is 11.8 Å². The zero-order chi connectivity index (χ0) is 18.6. The van der Waals surface area contributed by atoms with Crippen molar-refractivity contribution in [3.63, 3.8) is 0 Å². The highest BCUT2D eigenvalue weighted by Gasteiger charge is 2.59. The summed E-state index contributed by atoms with van der Waals surface area (Å²) in [6.45, 7) is 1.26. The number of hydrogen-bond donors (Lipinski definition) is 0. The second kappa shape index (κ2) is 6.97. The van der Waals surface area contributed by atoms with E-state index < -0.39 is 11.4 Å². The van der Waals surface area contributed by atoms with E-state index >= 15 is 0 Å². The molecule has 8 heteroatoms. The van der Waals surface area contributed by atoms with Crippen molar-refractivity contribution < 1.29 is 23.7 Å². The van der Waals surface area contributed by atoms with E-state index in [-0.39, 0.29) is 21.7 Å². The summed E-state index contributed by atoms with van der Waals surface area (Å²) < 4.78 is 17.9. The predicted octanol–water partition coefficient (Wildman–Crippen LogP) is 3.26. The van der Waals surface area contributed by atoms with E-state index in [1.807, 2.05) is 0 Å². The molecule has 2 unspecified atom stereocenters. The lowest BCUT2D eigenvalue weighted by molar-refractivity contribution is -0.132. The zero-order valence-electron chi connectivity index (χ0n) is 15.1. The molecule has 5 rings (SSSR count). The third kappa shape index (κ3) is 2.93. The Labute approximate surface area is 176 Å². The molecule has 1 saturated carbocycles. The van der Waals surface area contributed by atoms with Crippen molar-refractivity contribution in [3.8, 4) is 0 Å². The smallest absolute Gasteiger partial charge is 0.404 e. The van der Waals surface area contributed by atoms with Crippen LogP contribution in [-0.2, 0) is 23.7 Å². The maximum atomic E-state index is 12.8. The summed E-state index contributed by atoms with van der Waals surface area (Å²) in [7, 11) is 0. The quantitative estimate of drug-likeness (QED) is 0.330. The van der Waals surface area contributed by atoms with Gasteiger partial charge >= 0.3 is 4.05 Å². The highest BCUT2D eigenvalue weighted by molar-refractivity contribution is 14.1. The third-order valence-electron chi connectivity index (χ3n) is 6.85. The van der Waals surface area contributed by atoms with Crippen LogP contribution in [0.1, 0.15) is 38.5 Å². The summed E-state index contributed by atoms with van der Waals surface area (Å²) in [6, 6.07) is 0. The number of Topliss-reactive ketones (excluding diaryl/α,β-unsaturated/α-hetero) is 1. The summed E-state index contributed by atoms with van der Waals surface area (Å²) in [5.41, 5.74) is 2.57. The molecule has 3 aliphatic carbocycles. The predicted molar refractivity (Wildman–Crippen MR) is 112 cm³/mol. The number of allylic oxidation sites excluding steroid dienone is 3. The normalized spacial score (nSPS) is 38.0. The van der Waals surface area contributed by atoms with Crippen molar-refractivity contribution in [2.45, 2.75) is 49.9 Å². The van der Waals surface area contributed by atoms with E-state index in [0.29, 0.717) is 19.6 Å². The Hall–Kier alpha value is -0.155. The molecule has 2 heterocycles. The SMILES string of the molecule is O=CC1=C2CCC3(C=C2CCC1C1CCC(=O)[C@@]12CSB(I)O2)OCCO3. The number of hydrogen-bond acceptors (Lipinski definition) is 6. The molecule has 5 nitrogen and oxygen atoms in total. The molecular formula is C19H22BIO5S. The monoisotopic (exact) mass is 500 g/mol. The molecule has 27 heavy (non-hydrogen) atoms. The minimum atomic E-state index is -0.690. The minimum absolute atomic E-state index is 0.0183. The van der Waals surface area contributed by atoms with Gasteiger partial charge in [0, 0.05) is 24.5 Å². The molecule has 0 radical (unpaired) electrons. The Balaban J connectivity index is 1.50. The summed E-state index contributed by atoms with van der Waals surface area (Å²) in [5, 5.41) is 0. The fourth-order valence-corrected chi connectivity index (χ4v) is 7.68. The highest BCUT2D eigenvalue weighted by atomic mass is 127. The van der Waals surface area contributed by atoms with E-state index in [4.69, 9.17) is 14.1 Å². The molecular weight excluding hydrogens is 478 g/mol. The number of carbonyl (C=O) groups excluding carboxylic acids is 2. The highest BCUT2D eigenvalue weighted by Crippen LogP contribution is 2.54. The Morgan fingerprint density at radius 3 is 2.74 bits per heavy atom. The molecule has 144 valence electrons. The Morgan fingerprint density at radius 1 is 1.22 bits per heavy atom. The van der Waals surface area contributed by atoms with E-state index in [9.17, 15) is 9.59 Å². The molecule has 0 bridgehead atoms. The first-order valence-corrected chi connectivity index (χ1v) is 12.0. The summed E-state index contributed by atoms with van der Waals surface area (Å²) in [6.07, 6.45) is 7.90. The summed E-state index contributed by atoms with van der Waals surface area (Å²) >= 11 is 3.96. The van der Waals surface area contributed by atoms with Gasteiger partial charge in [-0.2, -0.15) is 11.6 Å². The van der Waals surface area contributed by atoms with Crippen LogP contribution in [0, 0.1) is 11.8 Å². The van der Waals surface area contributed by atoms with Gasteiger partial charge in [-0.1, -0.05) is 22.4 Å². The van der Waals surface area contributed by atoms with Crippen LogP contribution in [0.25, 0.3) is 0 Å². The molecule has 0 aromatic heterocycles. The minimum Gasteiger partial charge on any atom is -0.404 e. The van der Waals surface area contributed by atoms with Crippen LogP contribution in [0.4, 0.5) is 0 Å². The van der Waals surface area contributed by atoms with Crippen LogP contribution < -0.4 is 0 Å². The van der Waals surface area contributed by atoms with Gasteiger partial charge in [-0.05, 0) is 54.4 Å². The van der Waals surface area contributed by atoms with Gasteiger partial charge in [-0.15, -0.1) is 0 Å². The molecule has 0 amide bonds. The second-order valence-electron chi connectivity index (χ2n) is 8.04. The van der Waals surface area contributed by atoms with Crippen molar-refractivity contribution >= 4 is 50.1 Å². The van der Waals surface area contributed by atoms with Gasteiger partial charge in [0.2, 0.25) is 0 Å². The number of carbonyl (C=O) groups is 2. The number of halogens is 1. The molecule has 3 atom stereocenters. The molecule has 0 aromatic carbocycles. The average Bonchev–Trinajstić information content (AvgIpc) is 3.36. The summed E-state index contributed by atoms with van der Waals surface area (Å²) in [5.74, 6) is 0.592. The van der Waals surface area contributed by atoms with Crippen molar-refractivity contribution in [1.82, 2.24) is 0 Å². The molecule has 2 spiro atoms. The number of fused-ring (bicyclic) bond motifs is 1. The van der Waals surface area contributed by atoms with Crippen LogP contribution in [0.2, 0.25) is 0 Å². The van der Waals surface area contributed by atoms with Crippen LogP contribution in [0.15, 0.2) is 22.8 Å². The lowest BCUT2D eigenvalue weighted by Crippen LogP contribution is -2.47. The lowest BCUT2D eigenvalue weighted by atomic mass is 9.67. The lowest BCUT2D eigenvalue weighted by Gasteiger charge is -2.41. The van der Waals surface area contributed by atoms with Crippen LogP contribution >= 0.6 is 34.0 Å². The van der Waals surface area contributed by atoms with Crippen molar-refractivity contribution in [2.75, 3.05) is 19.0 Å². The van der Waals surface area contributed by atoms with Gasteiger partial charge in [0.05, 0.1) is 13.2 Å². The topological polar surface area (TPSA) is 61.8 Å². The van der Waals surface area contributed by atoms with Gasteiger partial charge in [-0.25, -0.2) is 0 Å². The van der Waals surface area contributed by atoms with E-state index in [1.54, 1.807) is 11.6 Å². The second-order valence-corrected chi connectivity index (χ2v) is 11.1. The number of ketones is 1. The Morgan fingerprint density at radius 2 is 2.04 bits per heavy atom. The van der Waals surface area contributed by atoms with Crippen molar-refractivity contribution in [1.29, 1.82) is 0 Å². The zero-order valence-corrected chi connectivity index (χ0v) is 18.1. The third-order valence-corrected chi connectivity index (χ3v) is 9.14. The average molecular weight is 500 g/mol.